The third-order valence-corrected chi connectivity index (χ3v) is 10.6. The summed E-state index contributed by atoms with van der Waals surface area (Å²) in [6.07, 6.45) is 3.18. The summed E-state index contributed by atoms with van der Waals surface area (Å²) in [7, 11) is 0. The molecule has 3 fully saturated rings. The second-order valence-corrected chi connectivity index (χ2v) is 12.9. The van der Waals surface area contributed by atoms with Gasteiger partial charge in [0.1, 0.15) is 0 Å². The number of hydrogen-bond donors (Lipinski definition) is 1. The molecular weight excluding hydrogens is 523 g/mol. The third kappa shape index (κ3) is 4.21. The lowest BCUT2D eigenvalue weighted by Gasteiger charge is -2.62. The fraction of sp³-hybridized carbons (Fsp3) is 0.733. The molecule has 0 aromatic rings. The van der Waals surface area contributed by atoms with Crippen molar-refractivity contribution in [3.05, 3.63) is 23.8 Å². The highest BCUT2D eigenvalue weighted by Crippen LogP contribution is 2.71. The van der Waals surface area contributed by atoms with Crippen LogP contribution < -0.4 is 0 Å². The number of hydrogen-bond acceptors (Lipinski definition) is 8. The first kappa shape index (κ1) is 29.8. The lowest BCUT2D eigenvalue weighted by Crippen LogP contribution is -2.70. The highest BCUT2D eigenvalue weighted by atomic mass is 32.1. The number of allylic oxidation sites excluding steroid dienone is 4. The van der Waals surface area contributed by atoms with Crippen LogP contribution in [0, 0.1) is 34.5 Å². The number of aliphatic hydroxyl groups excluding tert-OH is 1. The monoisotopic (exact) mass is 564 g/mol. The fourth-order valence-corrected chi connectivity index (χ4v) is 8.17. The summed E-state index contributed by atoms with van der Waals surface area (Å²) >= 11 is 5.25. The van der Waals surface area contributed by atoms with Gasteiger partial charge in [-0.2, -0.15) is 0 Å². The van der Waals surface area contributed by atoms with Crippen LogP contribution in [-0.2, 0) is 28.6 Å². The Kier molecular flexibility index (Phi) is 7.69. The number of aliphatic hydroxyl groups is 1. The number of ether oxygens (including phenoxy) is 3. The van der Waals surface area contributed by atoms with Gasteiger partial charge >= 0.3 is 11.9 Å². The van der Waals surface area contributed by atoms with Crippen LogP contribution in [0.5, 0.6) is 0 Å². The zero-order chi connectivity index (χ0) is 29.1. The van der Waals surface area contributed by atoms with Crippen LogP contribution in [0.15, 0.2) is 23.8 Å². The average Bonchev–Trinajstić information content (AvgIpc) is 3.07. The molecule has 0 amide bonds. The lowest BCUT2D eigenvalue weighted by molar-refractivity contribution is -0.242. The quantitative estimate of drug-likeness (QED) is 0.268. The maximum atomic E-state index is 17.5. The van der Waals surface area contributed by atoms with E-state index in [2.05, 4.69) is 0 Å². The number of carbonyl (C=O) groups is 3. The molecular formula is C30H41FO7S. The molecule has 0 spiro atoms. The minimum atomic E-state index is -2.06. The topological polar surface area (TPSA) is 99.1 Å². The molecule has 4 rings (SSSR count). The molecule has 4 aliphatic rings. The van der Waals surface area contributed by atoms with E-state index in [-0.39, 0.29) is 29.6 Å². The predicted molar refractivity (Wildman–Crippen MR) is 146 cm³/mol. The molecule has 0 aromatic carbocycles. The zero-order valence-corrected chi connectivity index (χ0v) is 24.7. The number of thiocarbonyl (C=S) groups is 1. The van der Waals surface area contributed by atoms with Crippen molar-refractivity contribution in [3.63, 3.8) is 0 Å². The normalized spacial score (nSPS) is 41.6. The van der Waals surface area contributed by atoms with Crippen molar-refractivity contribution in [2.75, 3.05) is 0 Å². The second kappa shape index (κ2) is 10.1. The summed E-state index contributed by atoms with van der Waals surface area (Å²) in [5, 5.41) is 11.9. The third-order valence-electron chi connectivity index (χ3n) is 10.1. The fourth-order valence-electron chi connectivity index (χ4n) is 8.04. The van der Waals surface area contributed by atoms with Crippen LogP contribution in [0.2, 0.25) is 0 Å². The first-order chi connectivity index (χ1) is 18.1. The van der Waals surface area contributed by atoms with Crippen molar-refractivity contribution in [1.29, 1.82) is 0 Å². The summed E-state index contributed by atoms with van der Waals surface area (Å²) in [5.74, 6) is -3.14. The summed E-state index contributed by atoms with van der Waals surface area (Å²) in [6.45, 7) is 12.3. The molecule has 39 heavy (non-hydrogen) atoms. The Morgan fingerprint density at radius 1 is 1.21 bits per heavy atom. The van der Waals surface area contributed by atoms with Crippen LogP contribution in [0.25, 0.3) is 0 Å². The number of alkyl halides is 1. The standard InChI is InChI=1S/C30H41FO7S/c1-8-24(34)38-30(26(35)37-18(5)36-25(39)16(2)3)17(4)13-22-21-10-9-19-14-20(32)11-12-27(19,6)29(21,31)23(33)15-28(22,30)7/h11-12,14,16-18,21-23,33H,8-10,13,15H2,1-7H3/t17-,18?,21-,22-,23-,27-,28-,29-,30-/m0/s1. The number of esters is 2. The van der Waals surface area contributed by atoms with Gasteiger partial charge in [0.2, 0.25) is 11.9 Å². The van der Waals surface area contributed by atoms with Crippen molar-refractivity contribution in [2.24, 2.45) is 34.5 Å². The Labute approximate surface area is 235 Å². The van der Waals surface area contributed by atoms with E-state index in [9.17, 15) is 19.5 Å². The van der Waals surface area contributed by atoms with Crippen molar-refractivity contribution in [3.8, 4) is 0 Å². The molecule has 216 valence electrons. The van der Waals surface area contributed by atoms with Crippen LogP contribution in [-0.4, -0.2) is 51.5 Å². The van der Waals surface area contributed by atoms with Crippen LogP contribution in [0.3, 0.4) is 0 Å². The summed E-state index contributed by atoms with van der Waals surface area (Å²) in [4.78, 5) is 39.0. The van der Waals surface area contributed by atoms with E-state index in [1.165, 1.54) is 12.2 Å². The minimum absolute atomic E-state index is 0.0378. The molecule has 1 N–H and O–H groups in total. The molecule has 0 bridgehead atoms. The molecule has 7 nitrogen and oxygen atoms in total. The minimum Gasteiger partial charge on any atom is -0.448 e. The number of halogens is 1. The number of carbonyl (C=O) groups excluding carboxylic acids is 3. The van der Waals surface area contributed by atoms with Crippen molar-refractivity contribution in [2.45, 2.75) is 104 Å². The molecule has 9 atom stereocenters. The molecule has 0 aromatic heterocycles. The van der Waals surface area contributed by atoms with Crippen molar-refractivity contribution in [1.82, 2.24) is 0 Å². The summed E-state index contributed by atoms with van der Waals surface area (Å²) < 4.78 is 34.9. The predicted octanol–water partition coefficient (Wildman–Crippen LogP) is 5.18. The number of fused-ring (bicyclic) bond motifs is 5. The van der Waals surface area contributed by atoms with Gasteiger partial charge in [0, 0.05) is 41.9 Å². The highest BCUT2D eigenvalue weighted by molar-refractivity contribution is 7.80. The molecule has 4 aliphatic carbocycles. The van der Waals surface area contributed by atoms with E-state index < -0.39 is 64.2 Å². The Morgan fingerprint density at radius 2 is 1.87 bits per heavy atom. The maximum Gasteiger partial charge on any atom is 0.354 e. The van der Waals surface area contributed by atoms with Gasteiger partial charge in [0.05, 0.1) is 6.10 Å². The van der Waals surface area contributed by atoms with Gasteiger partial charge in [0.15, 0.2) is 16.5 Å². The van der Waals surface area contributed by atoms with E-state index in [4.69, 9.17) is 26.4 Å². The van der Waals surface area contributed by atoms with Gasteiger partial charge in [-0.1, -0.05) is 46.3 Å². The van der Waals surface area contributed by atoms with Gasteiger partial charge < -0.3 is 19.3 Å². The van der Waals surface area contributed by atoms with E-state index >= 15 is 4.39 Å². The number of rotatable bonds is 6. The van der Waals surface area contributed by atoms with Crippen molar-refractivity contribution < 1.29 is 38.1 Å². The van der Waals surface area contributed by atoms with Crippen molar-refractivity contribution >= 4 is 35.0 Å². The molecule has 0 aliphatic heterocycles. The molecule has 0 heterocycles. The Bertz CT molecular complexity index is 1130. The zero-order valence-electron chi connectivity index (χ0n) is 23.9. The largest absolute Gasteiger partial charge is 0.448 e. The maximum absolute atomic E-state index is 17.5. The lowest BCUT2D eigenvalue weighted by atomic mass is 9.44. The van der Waals surface area contributed by atoms with E-state index in [1.807, 2.05) is 27.7 Å². The number of ketones is 1. The molecule has 0 radical (unpaired) electrons. The molecule has 9 heteroatoms. The molecule has 3 saturated carbocycles. The van der Waals surface area contributed by atoms with E-state index in [0.29, 0.717) is 24.8 Å². The first-order valence-corrected chi connectivity index (χ1v) is 14.4. The van der Waals surface area contributed by atoms with Crippen LogP contribution in [0.1, 0.15) is 80.6 Å². The Balaban J connectivity index is 1.76. The highest BCUT2D eigenvalue weighted by Gasteiger charge is 2.78. The molecule has 1 unspecified atom stereocenters. The SMILES string of the molecule is CCC(=O)O[C@]1(C(=O)OC(C)OC(=S)C(C)C)[C@@H](C)C[C@H]2[C@@H]3CCC4=CC(=O)C=C[C@]4(C)[C@@]3(F)[C@@H](O)C[C@@]21C. The van der Waals surface area contributed by atoms with E-state index in [0.717, 1.165) is 0 Å². The molecule has 0 saturated heterocycles. The summed E-state index contributed by atoms with van der Waals surface area (Å²) in [6, 6.07) is 0. The smallest absolute Gasteiger partial charge is 0.354 e. The van der Waals surface area contributed by atoms with Gasteiger partial charge in [-0.3, -0.25) is 9.59 Å². The average molecular weight is 565 g/mol. The van der Waals surface area contributed by atoms with Gasteiger partial charge in [-0.15, -0.1) is 0 Å². The van der Waals surface area contributed by atoms with Crippen LogP contribution >= 0.6 is 12.2 Å². The van der Waals surface area contributed by atoms with E-state index in [1.54, 1.807) is 26.8 Å². The first-order valence-electron chi connectivity index (χ1n) is 14.0. The van der Waals surface area contributed by atoms with Gasteiger partial charge in [0.25, 0.3) is 0 Å². The second-order valence-electron chi connectivity index (χ2n) is 12.5. The Hall–Kier alpha value is -2.13. The van der Waals surface area contributed by atoms with Crippen LogP contribution in [0.4, 0.5) is 4.39 Å². The van der Waals surface area contributed by atoms with Gasteiger partial charge in [-0.05, 0) is 62.9 Å². The Morgan fingerprint density at radius 3 is 2.49 bits per heavy atom. The summed E-state index contributed by atoms with van der Waals surface area (Å²) in [5.41, 5.74) is -5.41. The van der Waals surface area contributed by atoms with Gasteiger partial charge in [-0.25, -0.2) is 9.18 Å².